The van der Waals surface area contributed by atoms with Crippen LogP contribution in [0.1, 0.15) is 17.3 Å². The summed E-state index contributed by atoms with van der Waals surface area (Å²) in [5, 5.41) is 10.8. The van der Waals surface area contributed by atoms with E-state index >= 15 is 0 Å². The van der Waals surface area contributed by atoms with Gasteiger partial charge in [0.05, 0.1) is 17.0 Å². The molecule has 0 unspecified atom stereocenters. The summed E-state index contributed by atoms with van der Waals surface area (Å²) in [7, 11) is 0. The third-order valence-electron chi connectivity index (χ3n) is 2.36. The van der Waals surface area contributed by atoms with E-state index in [9.17, 15) is 14.9 Å². The Kier molecular flexibility index (Phi) is 4.86. The zero-order valence-corrected chi connectivity index (χ0v) is 11.3. The zero-order chi connectivity index (χ0) is 13.7. The van der Waals surface area contributed by atoms with Crippen LogP contribution in [0.25, 0.3) is 0 Å². The Bertz CT molecular complexity index is 523. The molecule has 5 nitrogen and oxygen atoms in total. The van der Waals surface area contributed by atoms with Gasteiger partial charge < -0.3 is 4.90 Å². The summed E-state index contributed by atoms with van der Waals surface area (Å²) in [5.41, 5.74) is 0.0962. The van der Waals surface area contributed by atoms with Crippen LogP contribution >= 0.6 is 15.9 Å². The van der Waals surface area contributed by atoms with Gasteiger partial charge in [-0.1, -0.05) is 12.0 Å². The van der Waals surface area contributed by atoms with Crippen LogP contribution in [-0.4, -0.2) is 28.8 Å². The Hall–Kier alpha value is -1.87. The van der Waals surface area contributed by atoms with E-state index in [1.807, 2.05) is 0 Å². The van der Waals surface area contributed by atoms with Crippen LogP contribution in [0.5, 0.6) is 0 Å². The number of benzene rings is 1. The summed E-state index contributed by atoms with van der Waals surface area (Å²) < 4.78 is 0.176. The third kappa shape index (κ3) is 2.87. The number of hydrogen-bond donors (Lipinski definition) is 0. The van der Waals surface area contributed by atoms with Crippen LogP contribution in [0.4, 0.5) is 5.69 Å². The van der Waals surface area contributed by atoms with Crippen LogP contribution in [0.15, 0.2) is 22.7 Å². The molecule has 1 amide bonds. The van der Waals surface area contributed by atoms with Crippen molar-refractivity contribution in [3.8, 4) is 12.3 Å². The van der Waals surface area contributed by atoms with Crippen molar-refractivity contribution in [2.24, 2.45) is 0 Å². The van der Waals surface area contributed by atoms with E-state index in [1.165, 1.54) is 23.1 Å². The fourth-order valence-electron chi connectivity index (χ4n) is 1.43. The van der Waals surface area contributed by atoms with Crippen LogP contribution in [0.3, 0.4) is 0 Å². The molecular formula is C12H11BrN2O3. The molecule has 0 spiro atoms. The molecule has 0 fully saturated rings. The number of nitro benzene ring substituents is 1. The van der Waals surface area contributed by atoms with Crippen molar-refractivity contribution in [1.29, 1.82) is 0 Å². The van der Waals surface area contributed by atoms with Gasteiger partial charge in [-0.2, -0.15) is 0 Å². The van der Waals surface area contributed by atoms with E-state index in [1.54, 1.807) is 6.92 Å². The van der Waals surface area contributed by atoms with Crippen molar-refractivity contribution in [2.45, 2.75) is 6.92 Å². The van der Waals surface area contributed by atoms with Crippen LogP contribution in [0.2, 0.25) is 0 Å². The molecular weight excluding hydrogens is 300 g/mol. The number of amides is 1. The minimum atomic E-state index is -0.543. The number of carbonyl (C=O) groups excluding carboxylic acids is 1. The fraction of sp³-hybridized carbons (Fsp3) is 0.250. The highest BCUT2D eigenvalue weighted by atomic mass is 79.9. The fourth-order valence-corrected chi connectivity index (χ4v) is 2.01. The van der Waals surface area contributed by atoms with Gasteiger partial charge in [-0.05, 0) is 28.9 Å². The molecule has 0 N–H and O–H groups in total. The first-order valence-corrected chi connectivity index (χ1v) is 5.97. The number of terminal acetylenes is 1. The summed E-state index contributed by atoms with van der Waals surface area (Å²) in [6.45, 7) is 2.41. The lowest BCUT2D eigenvalue weighted by Crippen LogP contribution is -2.31. The average molecular weight is 311 g/mol. The molecule has 0 aliphatic rings. The zero-order valence-electron chi connectivity index (χ0n) is 9.72. The van der Waals surface area contributed by atoms with Gasteiger partial charge in [-0.15, -0.1) is 6.42 Å². The molecule has 0 aliphatic heterocycles. The molecule has 0 atom stereocenters. The molecule has 0 bridgehead atoms. The predicted octanol–water partition coefficient (Wildman–Crippen LogP) is 2.45. The lowest BCUT2D eigenvalue weighted by Gasteiger charge is -2.18. The maximum Gasteiger partial charge on any atom is 0.284 e. The molecule has 0 aromatic heterocycles. The van der Waals surface area contributed by atoms with Gasteiger partial charge >= 0.3 is 0 Å². The second-order valence-corrected chi connectivity index (χ2v) is 4.21. The lowest BCUT2D eigenvalue weighted by molar-refractivity contribution is -0.385. The number of halogens is 1. The van der Waals surface area contributed by atoms with Crippen molar-refractivity contribution < 1.29 is 9.72 Å². The quantitative estimate of drug-likeness (QED) is 0.487. The van der Waals surface area contributed by atoms with Gasteiger partial charge in [0.2, 0.25) is 0 Å². The number of nitro groups is 1. The standard InChI is InChI=1S/C12H11BrN2O3/c1-3-8-14(4-2)12(16)9-6-5-7-10(11(9)13)15(17)18/h1,5-7H,4,8H2,2H3. The molecule has 0 radical (unpaired) electrons. The SMILES string of the molecule is C#CCN(CC)C(=O)c1cccc([N+](=O)[O-])c1Br. The van der Waals surface area contributed by atoms with E-state index in [0.717, 1.165) is 0 Å². The van der Waals surface area contributed by atoms with E-state index in [0.29, 0.717) is 6.54 Å². The first kappa shape index (κ1) is 14.2. The van der Waals surface area contributed by atoms with Gasteiger partial charge in [-0.3, -0.25) is 14.9 Å². The van der Waals surface area contributed by atoms with Crippen molar-refractivity contribution in [3.63, 3.8) is 0 Å². The van der Waals surface area contributed by atoms with Crippen molar-refractivity contribution in [2.75, 3.05) is 13.1 Å². The Morgan fingerprint density at radius 2 is 2.28 bits per heavy atom. The van der Waals surface area contributed by atoms with E-state index in [4.69, 9.17) is 6.42 Å². The molecule has 18 heavy (non-hydrogen) atoms. The number of nitrogens with zero attached hydrogens (tertiary/aromatic N) is 2. The average Bonchev–Trinajstić information content (AvgIpc) is 2.35. The molecule has 0 aliphatic carbocycles. The maximum atomic E-state index is 12.1. The highest BCUT2D eigenvalue weighted by Gasteiger charge is 2.22. The predicted molar refractivity (Wildman–Crippen MR) is 71.2 cm³/mol. The Morgan fingerprint density at radius 1 is 1.61 bits per heavy atom. The van der Waals surface area contributed by atoms with E-state index < -0.39 is 4.92 Å². The summed E-state index contributed by atoms with van der Waals surface area (Å²) in [6, 6.07) is 4.33. The minimum absolute atomic E-state index is 0.141. The molecule has 1 aromatic rings. The van der Waals surface area contributed by atoms with E-state index in [-0.39, 0.29) is 28.2 Å². The van der Waals surface area contributed by atoms with Crippen molar-refractivity contribution in [1.82, 2.24) is 4.90 Å². The normalized spacial score (nSPS) is 9.61. The monoisotopic (exact) mass is 310 g/mol. The lowest BCUT2D eigenvalue weighted by atomic mass is 10.1. The molecule has 1 aromatic carbocycles. The van der Waals surface area contributed by atoms with Crippen LogP contribution in [-0.2, 0) is 0 Å². The number of rotatable bonds is 4. The van der Waals surface area contributed by atoms with Gasteiger partial charge in [0.25, 0.3) is 11.6 Å². The highest BCUT2D eigenvalue weighted by molar-refractivity contribution is 9.10. The van der Waals surface area contributed by atoms with Gasteiger partial charge in [-0.25, -0.2) is 0 Å². The number of hydrogen-bond acceptors (Lipinski definition) is 3. The van der Waals surface area contributed by atoms with Gasteiger partial charge in [0, 0.05) is 12.6 Å². The van der Waals surface area contributed by atoms with Gasteiger partial charge in [0.1, 0.15) is 4.47 Å². The summed E-state index contributed by atoms with van der Waals surface area (Å²) in [6.07, 6.45) is 5.17. The third-order valence-corrected chi connectivity index (χ3v) is 3.19. The molecule has 94 valence electrons. The van der Waals surface area contributed by atoms with Crippen molar-refractivity contribution >= 4 is 27.5 Å². The van der Waals surface area contributed by atoms with Crippen LogP contribution in [0, 0.1) is 22.5 Å². The molecule has 1 rings (SSSR count). The summed E-state index contributed by atoms with van der Waals surface area (Å²) in [4.78, 5) is 23.8. The largest absolute Gasteiger partial charge is 0.328 e. The number of carbonyl (C=O) groups is 1. The van der Waals surface area contributed by atoms with Crippen molar-refractivity contribution in [3.05, 3.63) is 38.3 Å². The Morgan fingerprint density at radius 3 is 2.78 bits per heavy atom. The first-order valence-electron chi connectivity index (χ1n) is 5.18. The molecule has 0 saturated heterocycles. The molecule has 0 heterocycles. The highest BCUT2D eigenvalue weighted by Crippen LogP contribution is 2.29. The molecule has 6 heteroatoms. The first-order chi connectivity index (χ1) is 8.52. The maximum absolute atomic E-state index is 12.1. The smallest absolute Gasteiger partial charge is 0.284 e. The Labute approximate surface area is 113 Å². The summed E-state index contributed by atoms with van der Waals surface area (Å²) in [5.74, 6) is 2.05. The minimum Gasteiger partial charge on any atom is -0.328 e. The molecule has 0 saturated carbocycles. The topological polar surface area (TPSA) is 63.5 Å². The van der Waals surface area contributed by atoms with Crippen LogP contribution < -0.4 is 0 Å². The Balaban J connectivity index is 3.18. The second kappa shape index (κ2) is 6.17. The van der Waals surface area contributed by atoms with E-state index in [2.05, 4.69) is 21.9 Å². The summed E-state index contributed by atoms with van der Waals surface area (Å²) >= 11 is 3.09. The second-order valence-electron chi connectivity index (χ2n) is 3.42. The van der Waals surface area contributed by atoms with Gasteiger partial charge in [0.15, 0.2) is 0 Å².